The Morgan fingerprint density at radius 1 is 1.60 bits per heavy atom. The third-order valence-electron chi connectivity index (χ3n) is 2.33. The fraction of sp³-hybridized carbons (Fsp3) is 0.300. The van der Waals surface area contributed by atoms with Crippen molar-refractivity contribution in [3.8, 4) is 0 Å². The summed E-state index contributed by atoms with van der Waals surface area (Å²) in [6.07, 6.45) is 6.98. The number of rotatable bonds is 2. The van der Waals surface area contributed by atoms with Crippen LogP contribution in [-0.4, -0.2) is 34.3 Å². The minimum atomic E-state index is -0.969. The van der Waals surface area contributed by atoms with Crippen molar-refractivity contribution in [1.29, 1.82) is 0 Å². The van der Waals surface area contributed by atoms with Gasteiger partial charge in [-0.1, -0.05) is 6.08 Å². The first-order valence-electron chi connectivity index (χ1n) is 4.62. The van der Waals surface area contributed by atoms with E-state index in [1.54, 1.807) is 23.3 Å². The van der Waals surface area contributed by atoms with Crippen molar-refractivity contribution in [2.45, 2.75) is 6.42 Å². The molecule has 0 saturated heterocycles. The van der Waals surface area contributed by atoms with Gasteiger partial charge in [0.25, 0.3) is 5.91 Å². The number of nitrogens with zero attached hydrogens (tertiary/aromatic N) is 2. The molecule has 1 N–H and O–H groups in total. The lowest BCUT2D eigenvalue weighted by atomic mass is 10.0. The number of hydrogen-bond donors (Lipinski definition) is 1. The fourth-order valence-corrected chi connectivity index (χ4v) is 1.61. The summed E-state index contributed by atoms with van der Waals surface area (Å²) in [5.74, 6) is -1.27. The summed E-state index contributed by atoms with van der Waals surface area (Å²) in [5, 5.41) is 8.63. The molecule has 0 fully saturated rings. The Kier molecular flexibility index (Phi) is 2.37. The maximum absolute atomic E-state index is 11.4. The van der Waals surface area contributed by atoms with Crippen molar-refractivity contribution >= 4 is 17.7 Å². The first-order chi connectivity index (χ1) is 7.16. The lowest BCUT2D eigenvalue weighted by Gasteiger charge is -2.29. The predicted molar refractivity (Wildman–Crippen MR) is 53.2 cm³/mol. The van der Waals surface area contributed by atoms with Gasteiger partial charge in [0.15, 0.2) is 0 Å². The molecule has 2 rings (SSSR count). The number of carboxylic acid groups (broad SMARTS) is 1. The molecule has 0 aromatic carbocycles. The zero-order valence-electron chi connectivity index (χ0n) is 7.96. The number of carbonyl (C=O) groups excluding carboxylic acids is 1. The zero-order chi connectivity index (χ0) is 10.8. The molecule has 1 amide bonds. The van der Waals surface area contributed by atoms with Crippen LogP contribution in [0.15, 0.2) is 29.4 Å². The van der Waals surface area contributed by atoms with Gasteiger partial charge in [-0.05, 0) is 12.2 Å². The standard InChI is InChI=1S/C10H10N2O3/c13-9(14)5-7-6-12-4-2-1-3-8(12)11-10(7)15/h1-4,7H,5-6H2,(H,13,14)/t7-/m0/s1. The van der Waals surface area contributed by atoms with Gasteiger partial charge in [0.1, 0.15) is 5.84 Å². The highest BCUT2D eigenvalue weighted by Gasteiger charge is 2.29. The van der Waals surface area contributed by atoms with E-state index >= 15 is 0 Å². The van der Waals surface area contributed by atoms with E-state index in [9.17, 15) is 9.59 Å². The monoisotopic (exact) mass is 206 g/mol. The zero-order valence-corrected chi connectivity index (χ0v) is 7.96. The van der Waals surface area contributed by atoms with Crippen LogP contribution >= 0.6 is 0 Å². The van der Waals surface area contributed by atoms with Crippen LogP contribution in [0.3, 0.4) is 0 Å². The van der Waals surface area contributed by atoms with Gasteiger partial charge < -0.3 is 10.0 Å². The molecule has 0 aliphatic carbocycles. The molecule has 5 heteroatoms. The molecule has 0 saturated carbocycles. The van der Waals surface area contributed by atoms with Crippen LogP contribution in [0.5, 0.6) is 0 Å². The number of amides is 1. The second-order valence-corrected chi connectivity index (χ2v) is 3.46. The van der Waals surface area contributed by atoms with Gasteiger partial charge in [0.05, 0.1) is 12.3 Å². The van der Waals surface area contributed by atoms with E-state index in [4.69, 9.17) is 5.11 Å². The molecular formula is C10H10N2O3. The first kappa shape index (κ1) is 9.64. The highest BCUT2D eigenvalue weighted by molar-refractivity contribution is 6.05. The maximum atomic E-state index is 11.4. The lowest BCUT2D eigenvalue weighted by Crippen LogP contribution is -2.40. The molecule has 2 aliphatic heterocycles. The second-order valence-electron chi connectivity index (χ2n) is 3.46. The van der Waals surface area contributed by atoms with Crippen molar-refractivity contribution < 1.29 is 14.7 Å². The highest BCUT2D eigenvalue weighted by Crippen LogP contribution is 2.17. The van der Waals surface area contributed by atoms with Crippen LogP contribution < -0.4 is 0 Å². The van der Waals surface area contributed by atoms with E-state index in [2.05, 4.69) is 4.99 Å². The number of amidine groups is 1. The van der Waals surface area contributed by atoms with E-state index < -0.39 is 11.9 Å². The average Bonchev–Trinajstić information content (AvgIpc) is 2.18. The van der Waals surface area contributed by atoms with Gasteiger partial charge in [-0.15, -0.1) is 0 Å². The number of allylic oxidation sites excluding steroid dienone is 2. The Morgan fingerprint density at radius 3 is 3.13 bits per heavy atom. The van der Waals surface area contributed by atoms with Gasteiger partial charge in [0, 0.05) is 12.7 Å². The summed E-state index contributed by atoms with van der Waals surface area (Å²) in [6.45, 7) is 0.394. The van der Waals surface area contributed by atoms with E-state index in [1.165, 1.54) is 0 Å². The molecule has 0 unspecified atom stereocenters. The molecule has 78 valence electrons. The molecule has 5 nitrogen and oxygen atoms in total. The molecule has 0 aromatic rings. The van der Waals surface area contributed by atoms with E-state index in [1.807, 2.05) is 6.08 Å². The summed E-state index contributed by atoms with van der Waals surface area (Å²) < 4.78 is 0. The highest BCUT2D eigenvalue weighted by atomic mass is 16.4. The molecule has 0 radical (unpaired) electrons. The summed E-state index contributed by atoms with van der Waals surface area (Å²) in [5.41, 5.74) is 0. The second kappa shape index (κ2) is 3.68. The molecule has 2 aliphatic rings. The Balaban J connectivity index is 2.18. The van der Waals surface area contributed by atoms with E-state index in [-0.39, 0.29) is 12.3 Å². The van der Waals surface area contributed by atoms with Crippen LogP contribution in [0.2, 0.25) is 0 Å². The van der Waals surface area contributed by atoms with Crippen LogP contribution in [0, 0.1) is 5.92 Å². The van der Waals surface area contributed by atoms with Gasteiger partial charge in [-0.2, -0.15) is 4.99 Å². The van der Waals surface area contributed by atoms with Crippen LogP contribution in [-0.2, 0) is 9.59 Å². The van der Waals surface area contributed by atoms with Gasteiger partial charge in [0.2, 0.25) is 0 Å². The molecular weight excluding hydrogens is 196 g/mol. The van der Waals surface area contributed by atoms with Gasteiger partial charge in [-0.3, -0.25) is 9.59 Å². The lowest BCUT2D eigenvalue weighted by molar-refractivity contribution is -0.140. The summed E-state index contributed by atoms with van der Waals surface area (Å²) in [7, 11) is 0. The number of aliphatic carboxylic acids is 1. The SMILES string of the molecule is O=C(O)C[C@H]1CN2C=CC=CC2=NC1=O. The van der Waals surface area contributed by atoms with Crippen molar-refractivity contribution in [1.82, 2.24) is 4.90 Å². The minimum Gasteiger partial charge on any atom is -0.481 e. The van der Waals surface area contributed by atoms with Gasteiger partial charge >= 0.3 is 5.97 Å². The van der Waals surface area contributed by atoms with Crippen molar-refractivity contribution in [2.75, 3.05) is 6.54 Å². The molecule has 1 atom stereocenters. The molecule has 0 spiro atoms. The average molecular weight is 206 g/mol. The number of hydrogen-bond acceptors (Lipinski definition) is 3. The normalized spacial score (nSPS) is 23.7. The first-order valence-corrected chi connectivity index (χ1v) is 4.62. The summed E-state index contributed by atoms with van der Waals surface area (Å²) in [4.78, 5) is 27.6. The number of carbonyl (C=O) groups is 2. The van der Waals surface area contributed by atoms with Gasteiger partial charge in [-0.25, -0.2) is 0 Å². The minimum absolute atomic E-state index is 0.163. The molecule has 0 bridgehead atoms. The molecule has 15 heavy (non-hydrogen) atoms. The summed E-state index contributed by atoms with van der Waals surface area (Å²) in [6, 6.07) is 0. The van der Waals surface area contributed by atoms with Crippen molar-refractivity contribution in [3.63, 3.8) is 0 Å². The Labute approximate surface area is 86.4 Å². The predicted octanol–water partition coefficient (Wildman–Crippen LogP) is 0.401. The Hall–Kier alpha value is -1.91. The molecule has 2 heterocycles. The number of fused-ring (bicyclic) bond motifs is 1. The van der Waals surface area contributed by atoms with Crippen LogP contribution in [0.4, 0.5) is 0 Å². The van der Waals surface area contributed by atoms with Crippen LogP contribution in [0.1, 0.15) is 6.42 Å². The number of carboxylic acids is 1. The van der Waals surface area contributed by atoms with Crippen molar-refractivity contribution in [2.24, 2.45) is 10.9 Å². The fourth-order valence-electron chi connectivity index (χ4n) is 1.61. The molecule has 0 aromatic heterocycles. The smallest absolute Gasteiger partial charge is 0.304 e. The van der Waals surface area contributed by atoms with E-state index in [0.29, 0.717) is 12.4 Å². The largest absolute Gasteiger partial charge is 0.481 e. The van der Waals surface area contributed by atoms with Crippen molar-refractivity contribution in [3.05, 3.63) is 24.4 Å². The number of aliphatic imine (C=N–C) groups is 1. The maximum Gasteiger partial charge on any atom is 0.304 e. The topological polar surface area (TPSA) is 70.0 Å². The third-order valence-corrected chi connectivity index (χ3v) is 2.33. The Bertz CT molecular complexity index is 395. The Morgan fingerprint density at radius 2 is 2.40 bits per heavy atom. The third kappa shape index (κ3) is 1.96. The van der Waals surface area contributed by atoms with E-state index in [0.717, 1.165) is 0 Å². The quantitative estimate of drug-likeness (QED) is 0.710. The van der Waals surface area contributed by atoms with Crippen LogP contribution in [0.25, 0.3) is 0 Å². The summed E-state index contributed by atoms with van der Waals surface area (Å²) >= 11 is 0.